The molecule has 3 aliphatic carbocycles. The highest BCUT2D eigenvalue weighted by Gasteiger charge is 2.60. The average molecular weight is 485 g/mol. The quantitative estimate of drug-likeness (QED) is 0.634. The fourth-order valence-corrected chi connectivity index (χ4v) is 7.74. The van der Waals surface area contributed by atoms with E-state index < -0.39 is 15.5 Å². The fourth-order valence-electron chi connectivity index (χ4n) is 6.98. The molecule has 0 bridgehead atoms. The van der Waals surface area contributed by atoms with Crippen LogP contribution in [0.2, 0.25) is 0 Å². The molecule has 182 valence electrons. The van der Waals surface area contributed by atoms with Crippen molar-refractivity contribution in [2.24, 2.45) is 28.6 Å². The Hall–Kier alpha value is -2.45. The molecule has 2 saturated carbocycles. The first kappa shape index (κ1) is 23.3. The Kier molecular flexibility index (Phi) is 5.52. The number of amides is 1. The zero-order valence-corrected chi connectivity index (χ0v) is 20.7. The van der Waals surface area contributed by atoms with E-state index in [0.717, 1.165) is 36.8 Å². The van der Waals surface area contributed by atoms with Crippen molar-refractivity contribution in [3.8, 4) is 0 Å². The van der Waals surface area contributed by atoms with Crippen molar-refractivity contribution >= 4 is 21.8 Å². The Morgan fingerprint density at radius 3 is 2.59 bits per heavy atom. The number of carbonyl (C=O) groups excluding carboxylic acids is 2. The van der Waals surface area contributed by atoms with Crippen LogP contribution in [0.1, 0.15) is 51.5 Å². The summed E-state index contributed by atoms with van der Waals surface area (Å²) in [5.41, 5.74) is 4.63. The minimum atomic E-state index is -3.98. The molecule has 0 radical (unpaired) electrons. The minimum Gasteiger partial charge on any atom is -0.353 e. The van der Waals surface area contributed by atoms with Crippen molar-refractivity contribution in [1.29, 1.82) is 0 Å². The SMILES string of the molecule is Cc1ccc(S(=O)(=O)ONC2=CC[C@H]3[C@@H]4CCC5=CC(=O)NCC[C@]5(C)[C@H]4C(=O)C[C@]23C)cc1. The number of aryl methyl sites for hydroxylation is 1. The lowest BCUT2D eigenvalue weighted by atomic mass is 9.48. The molecule has 1 heterocycles. The third-order valence-electron chi connectivity index (χ3n) is 8.83. The van der Waals surface area contributed by atoms with E-state index in [1.165, 1.54) is 12.1 Å². The molecule has 0 spiro atoms. The number of rotatable bonds is 4. The van der Waals surface area contributed by atoms with Crippen LogP contribution in [0.3, 0.4) is 0 Å². The summed E-state index contributed by atoms with van der Waals surface area (Å²) in [7, 11) is -3.98. The number of Topliss-reactive ketones (excluding diaryl/α,β-unsaturated/α-hetero) is 1. The van der Waals surface area contributed by atoms with Gasteiger partial charge in [0.15, 0.2) is 0 Å². The van der Waals surface area contributed by atoms with E-state index in [1.807, 2.05) is 19.9 Å². The van der Waals surface area contributed by atoms with Crippen molar-refractivity contribution < 1.29 is 22.3 Å². The standard InChI is InChI=1S/C26H32N2O5S/c1-16-4-7-18(8-5-16)34(31,32)33-28-22-11-10-20-19-9-6-17-14-23(30)27-13-12-25(17,2)24(19)21(29)15-26(20,22)3/h4-5,7-8,11,14,19-20,24,28H,6,9-10,12-13,15H2,1-3H3,(H,27,30)/t19-,20-,24+,25-,26-/m0/s1. The summed E-state index contributed by atoms with van der Waals surface area (Å²) >= 11 is 0. The second-order valence-corrected chi connectivity index (χ2v) is 12.3. The lowest BCUT2D eigenvalue weighted by molar-refractivity contribution is -0.142. The predicted octanol–water partition coefficient (Wildman–Crippen LogP) is 3.57. The van der Waals surface area contributed by atoms with E-state index in [4.69, 9.17) is 4.28 Å². The number of allylic oxidation sites excluding steroid dienone is 3. The van der Waals surface area contributed by atoms with Gasteiger partial charge in [-0.2, -0.15) is 8.42 Å². The number of benzene rings is 1. The molecule has 1 aromatic rings. The molecule has 1 amide bonds. The molecule has 34 heavy (non-hydrogen) atoms. The number of nitrogens with one attached hydrogen (secondary N) is 2. The molecule has 0 aromatic heterocycles. The van der Waals surface area contributed by atoms with Crippen molar-refractivity contribution in [1.82, 2.24) is 10.8 Å². The van der Waals surface area contributed by atoms with Crippen LogP contribution in [0.15, 0.2) is 52.6 Å². The van der Waals surface area contributed by atoms with Crippen molar-refractivity contribution in [3.05, 3.63) is 53.3 Å². The largest absolute Gasteiger partial charge is 0.353 e. The Morgan fingerprint density at radius 1 is 1.12 bits per heavy atom. The normalized spacial score (nSPS) is 35.2. The van der Waals surface area contributed by atoms with Crippen LogP contribution in [0, 0.1) is 35.5 Å². The maximum atomic E-state index is 13.7. The Balaban J connectivity index is 1.37. The first-order valence-corrected chi connectivity index (χ1v) is 13.4. The molecule has 4 aliphatic rings. The number of hydrogen-bond donors (Lipinski definition) is 2. The van der Waals surface area contributed by atoms with Gasteiger partial charge in [-0.15, -0.1) is 4.28 Å². The molecule has 2 N–H and O–H groups in total. The summed E-state index contributed by atoms with van der Waals surface area (Å²) in [4.78, 5) is 25.9. The van der Waals surface area contributed by atoms with Crippen LogP contribution in [0.4, 0.5) is 0 Å². The molecule has 2 fully saturated rings. The number of carbonyl (C=O) groups is 2. The Bertz CT molecular complexity index is 1200. The Labute approximate surface area is 201 Å². The van der Waals surface area contributed by atoms with E-state index in [9.17, 15) is 18.0 Å². The second kappa shape index (κ2) is 8.05. The van der Waals surface area contributed by atoms with Crippen molar-refractivity contribution in [2.75, 3.05) is 6.54 Å². The summed E-state index contributed by atoms with van der Waals surface area (Å²) in [6.07, 6.45) is 7.24. The molecule has 5 rings (SSSR count). The summed E-state index contributed by atoms with van der Waals surface area (Å²) < 4.78 is 30.6. The Morgan fingerprint density at radius 2 is 1.85 bits per heavy atom. The zero-order chi connectivity index (χ0) is 24.3. The van der Waals surface area contributed by atoms with Gasteiger partial charge < -0.3 is 5.32 Å². The van der Waals surface area contributed by atoms with Gasteiger partial charge in [-0.1, -0.05) is 43.2 Å². The van der Waals surface area contributed by atoms with Crippen LogP contribution >= 0.6 is 0 Å². The van der Waals surface area contributed by atoms with E-state index in [1.54, 1.807) is 18.2 Å². The third kappa shape index (κ3) is 3.62. The lowest BCUT2D eigenvalue weighted by Crippen LogP contribution is -2.54. The van der Waals surface area contributed by atoms with Crippen LogP contribution < -0.4 is 10.8 Å². The molecule has 1 aliphatic heterocycles. The van der Waals surface area contributed by atoms with E-state index in [-0.39, 0.29) is 39.8 Å². The van der Waals surface area contributed by atoms with E-state index in [2.05, 4.69) is 17.7 Å². The second-order valence-electron chi connectivity index (χ2n) is 10.8. The highest BCUT2D eigenvalue weighted by atomic mass is 32.2. The predicted molar refractivity (Wildman–Crippen MR) is 127 cm³/mol. The minimum absolute atomic E-state index is 0.0637. The first-order valence-electron chi connectivity index (χ1n) is 12.0. The maximum Gasteiger partial charge on any atom is 0.317 e. The van der Waals surface area contributed by atoms with Gasteiger partial charge in [0.05, 0.1) is 4.90 Å². The monoisotopic (exact) mass is 484 g/mol. The van der Waals surface area contributed by atoms with Crippen LogP contribution in [0.25, 0.3) is 0 Å². The van der Waals surface area contributed by atoms with Crippen LogP contribution in [-0.4, -0.2) is 26.7 Å². The van der Waals surface area contributed by atoms with Gasteiger partial charge in [-0.3, -0.25) is 15.1 Å². The summed E-state index contributed by atoms with van der Waals surface area (Å²) in [6, 6.07) is 6.50. The van der Waals surface area contributed by atoms with Crippen molar-refractivity contribution in [3.63, 3.8) is 0 Å². The summed E-state index contributed by atoms with van der Waals surface area (Å²) in [6.45, 7) is 6.66. The van der Waals surface area contributed by atoms with Gasteiger partial charge in [0, 0.05) is 41.5 Å². The fraction of sp³-hybridized carbons (Fsp3) is 0.538. The van der Waals surface area contributed by atoms with Gasteiger partial charge in [-0.25, -0.2) is 0 Å². The molecule has 5 atom stereocenters. The van der Waals surface area contributed by atoms with Gasteiger partial charge in [-0.05, 0) is 56.6 Å². The molecule has 1 aromatic carbocycles. The molecule has 0 unspecified atom stereocenters. The zero-order valence-electron chi connectivity index (χ0n) is 19.9. The number of hydroxylamine groups is 1. The number of ketones is 1. The van der Waals surface area contributed by atoms with Gasteiger partial charge in [0.2, 0.25) is 5.91 Å². The highest BCUT2D eigenvalue weighted by molar-refractivity contribution is 7.86. The highest BCUT2D eigenvalue weighted by Crippen LogP contribution is 2.63. The summed E-state index contributed by atoms with van der Waals surface area (Å²) in [5.74, 6) is 0.413. The molecule has 7 nitrogen and oxygen atoms in total. The molecule has 8 heteroatoms. The van der Waals surface area contributed by atoms with Gasteiger partial charge >= 0.3 is 10.1 Å². The summed E-state index contributed by atoms with van der Waals surface area (Å²) in [5, 5.41) is 2.92. The topological polar surface area (TPSA) is 102 Å². The lowest BCUT2D eigenvalue weighted by Gasteiger charge is -2.55. The van der Waals surface area contributed by atoms with Crippen molar-refractivity contribution in [2.45, 2.75) is 57.8 Å². The van der Waals surface area contributed by atoms with Crippen LogP contribution in [0.5, 0.6) is 0 Å². The van der Waals surface area contributed by atoms with E-state index in [0.29, 0.717) is 18.7 Å². The van der Waals surface area contributed by atoms with Gasteiger partial charge in [0.1, 0.15) is 5.78 Å². The smallest absolute Gasteiger partial charge is 0.317 e. The third-order valence-corrected chi connectivity index (χ3v) is 9.98. The van der Waals surface area contributed by atoms with Crippen LogP contribution in [-0.2, 0) is 24.0 Å². The number of hydrogen-bond acceptors (Lipinski definition) is 6. The molecule has 0 saturated heterocycles. The maximum absolute atomic E-state index is 13.7. The van der Waals surface area contributed by atoms with E-state index >= 15 is 0 Å². The molecular weight excluding hydrogens is 452 g/mol. The number of fused-ring (bicyclic) bond motifs is 5. The average Bonchev–Trinajstić information content (AvgIpc) is 3.01. The molecular formula is C26H32N2O5S. The first-order chi connectivity index (χ1) is 16.0. The van der Waals surface area contributed by atoms with Gasteiger partial charge in [0.25, 0.3) is 0 Å².